The Balaban J connectivity index is 2.24. The van der Waals surface area contributed by atoms with E-state index in [2.05, 4.69) is 34.0 Å². The number of aliphatic hydroxyl groups is 1. The lowest BCUT2D eigenvalue weighted by Crippen LogP contribution is -2.43. The van der Waals surface area contributed by atoms with Gasteiger partial charge in [-0.25, -0.2) is 9.97 Å². The van der Waals surface area contributed by atoms with Gasteiger partial charge in [-0.2, -0.15) is 0 Å². The summed E-state index contributed by atoms with van der Waals surface area (Å²) in [5.41, 5.74) is 0.678. The number of aromatic nitrogens is 2. The summed E-state index contributed by atoms with van der Waals surface area (Å²) < 4.78 is 0. The van der Waals surface area contributed by atoms with Crippen LogP contribution in [-0.2, 0) is 6.42 Å². The molecule has 0 radical (unpaired) electrons. The topological polar surface area (TPSA) is 61.3 Å². The molecule has 0 saturated carbocycles. The average Bonchev–Trinajstić information content (AvgIpc) is 2.41. The van der Waals surface area contributed by atoms with Crippen molar-refractivity contribution in [3.63, 3.8) is 0 Å². The van der Waals surface area contributed by atoms with E-state index in [9.17, 15) is 5.11 Å². The highest BCUT2D eigenvalue weighted by Crippen LogP contribution is 2.29. The third kappa shape index (κ3) is 3.39. The molecule has 5 nitrogen and oxygen atoms in total. The molecule has 1 aliphatic heterocycles. The number of hydrogen-bond acceptors (Lipinski definition) is 5. The minimum atomic E-state index is -0.529. The van der Waals surface area contributed by atoms with Crippen molar-refractivity contribution in [3.05, 3.63) is 11.9 Å². The first-order valence-electron chi connectivity index (χ1n) is 7.62. The van der Waals surface area contributed by atoms with Crippen molar-refractivity contribution >= 4 is 11.6 Å². The van der Waals surface area contributed by atoms with Gasteiger partial charge in [0.1, 0.15) is 18.0 Å². The lowest BCUT2D eigenvalue weighted by Gasteiger charge is -2.37. The molecule has 0 unspecified atom stereocenters. The molecule has 5 heteroatoms. The smallest absolute Gasteiger partial charge is 0.137 e. The summed E-state index contributed by atoms with van der Waals surface area (Å²) in [6.45, 7) is 8.74. The van der Waals surface area contributed by atoms with Crippen molar-refractivity contribution in [2.24, 2.45) is 0 Å². The number of nitrogens with zero attached hydrogens (tertiary/aromatic N) is 3. The van der Waals surface area contributed by atoms with Gasteiger partial charge in [-0.05, 0) is 33.1 Å². The fourth-order valence-corrected chi connectivity index (χ4v) is 2.68. The van der Waals surface area contributed by atoms with Crippen LogP contribution in [0.2, 0.25) is 0 Å². The number of anilines is 2. The fourth-order valence-electron chi connectivity index (χ4n) is 2.68. The molecule has 0 atom stereocenters. The average molecular weight is 278 g/mol. The first-order valence-corrected chi connectivity index (χ1v) is 7.62. The predicted octanol–water partition coefficient (Wildman–Crippen LogP) is 2.21. The number of piperidine rings is 1. The highest BCUT2D eigenvalue weighted by atomic mass is 16.3. The summed E-state index contributed by atoms with van der Waals surface area (Å²) in [6.07, 6.45) is 5.27. The van der Waals surface area contributed by atoms with E-state index in [1.54, 1.807) is 6.33 Å². The maximum Gasteiger partial charge on any atom is 0.137 e. The monoisotopic (exact) mass is 278 g/mol. The molecule has 1 aromatic heterocycles. The van der Waals surface area contributed by atoms with E-state index in [4.69, 9.17) is 0 Å². The second-order valence-corrected chi connectivity index (χ2v) is 5.79. The lowest BCUT2D eigenvalue weighted by atomic mass is 9.93. The van der Waals surface area contributed by atoms with Crippen molar-refractivity contribution in [3.8, 4) is 0 Å². The van der Waals surface area contributed by atoms with Crippen molar-refractivity contribution in [2.45, 2.75) is 52.1 Å². The zero-order chi connectivity index (χ0) is 14.6. The molecular weight excluding hydrogens is 252 g/mol. The van der Waals surface area contributed by atoms with Crippen LogP contribution >= 0.6 is 0 Å². The van der Waals surface area contributed by atoms with Gasteiger partial charge in [-0.3, -0.25) is 0 Å². The van der Waals surface area contributed by atoms with Crippen LogP contribution in [-0.4, -0.2) is 40.3 Å². The predicted molar refractivity (Wildman–Crippen MR) is 82.3 cm³/mol. The molecule has 20 heavy (non-hydrogen) atoms. The Morgan fingerprint density at radius 2 is 2.00 bits per heavy atom. The zero-order valence-corrected chi connectivity index (χ0v) is 12.8. The Hall–Kier alpha value is -1.36. The Bertz CT molecular complexity index is 437. The first kappa shape index (κ1) is 15.0. The molecule has 112 valence electrons. The minimum absolute atomic E-state index is 0.529. The summed E-state index contributed by atoms with van der Waals surface area (Å²) in [5.74, 6) is 1.99. The molecule has 0 spiro atoms. The third-order valence-corrected chi connectivity index (χ3v) is 3.91. The van der Waals surface area contributed by atoms with E-state index in [0.29, 0.717) is 0 Å². The van der Waals surface area contributed by atoms with Crippen LogP contribution in [0.3, 0.4) is 0 Å². The molecule has 1 saturated heterocycles. The summed E-state index contributed by atoms with van der Waals surface area (Å²) in [6, 6.07) is 0. The van der Waals surface area contributed by atoms with Gasteiger partial charge >= 0.3 is 0 Å². The van der Waals surface area contributed by atoms with Gasteiger partial charge in [0.15, 0.2) is 0 Å². The quantitative estimate of drug-likeness (QED) is 0.864. The number of rotatable bonds is 5. The van der Waals surface area contributed by atoms with Gasteiger partial charge in [-0.1, -0.05) is 13.3 Å². The van der Waals surface area contributed by atoms with E-state index in [-0.39, 0.29) is 0 Å². The van der Waals surface area contributed by atoms with Crippen LogP contribution in [0.15, 0.2) is 6.33 Å². The maximum absolute atomic E-state index is 10.1. The van der Waals surface area contributed by atoms with Crippen molar-refractivity contribution < 1.29 is 5.11 Å². The second kappa shape index (κ2) is 6.39. The summed E-state index contributed by atoms with van der Waals surface area (Å²) in [5, 5.41) is 13.4. The Kier molecular flexibility index (Phi) is 4.81. The highest BCUT2D eigenvalue weighted by Gasteiger charge is 2.29. The molecule has 0 amide bonds. The highest BCUT2D eigenvalue weighted by molar-refractivity contribution is 5.59. The summed E-state index contributed by atoms with van der Waals surface area (Å²) in [7, 11) is 0. The van der Waals surface area contributed by atoms with Crippen molar-refractivity contribution in [1.29, 1.82) is 0 Å². The maximum atomic E-state index is 10.1. The van der Waals surface area contributed by atoms with Crippen LogP contribution in [0.5, 0.6) is 0 Å². The molecule has 2 rings (SSSR count). The molecule has 0 aliphatic carbocycles. The first-order chi connectivity index (χ1) is 9.57. The molecule has 1 fully saturated rings. The summed E-state index contributed by atoms with van der Waals surface area (Å²) in [4.78, 5) is 11.2. The molecule has 0 bridgehead atoms. The van der Waals surface area contributed by atoms with Crippen molar-refractivity contribution in [1.82, 2.24) is 9.97 Å². The largest absolute Gasteiger partial charge is 0.390 e. The molecule has 2 heterocycles. The molecule has 2 N–H and O–H groups in total. The normalized spacial score (nSPS) is 18.1. The Labute approximate surface area is 121 Å². The van der Waals surface area contributed by atoms with E-state index in [1.165, 1.54) is 5.56 Å². The van der Waals surface area contributed by atoms with Gasteiger partial charge < -0.3 is 15.3 Å². The van der Waals surface area contributed by atoms with Gasteiger partial charge in [0, 0.05) is 25.2 Å². The molecular formula is C15H26N4O. The zero-order valence-electron chi connectivity index (χ0n) is 12.8. The molecule has 1 aliphatic rings. The Morgan fingerprint density at radius 1 is 1.30 bits per heavy atom. The van der Waals surface area contributed by atoms with Crippen LogP contribution in [0.4, 0.5) is 11.6 Å². The van der Waals surface area contributed by atoms with Gasteiger partial charge in [0.05, 0.1) is 5.60 Å². The third-order valence-electron chi connectivity index (χ3n) is 3.91. The molecule has 1 aromatic rings. The summed E-state index contributed by atoms with van der Waals surface area (Å²) >= 11 is 0. The van der Waals surface area contributed by atoms with E-state index in [1.807, 2.05) is 6.92 Å². The van der Waals surface area contributed by atoms with Crippen LogP contribution in [0.25, 0.3) is 0 Å². The van der Waals surface area contributed by atoms with Gasteiger partial charge in [0.2, 0.25) is 0 Å². The lowest BCUT2D eigenvalue weighted by molar-refractivity contribution is 0.0350. The van der Waals surface area contributed by atoms with E-state index < -0.39 is 5.60 Å². The van der Waals surface area contributed by atoms with Gasteiger partial charge in [0.25, 0.3) is 0 Å². The second-order valence-electron chi connectivity index (χ2n) is 5.79. The van der Waals surface area contributed by atoms with E-state index in [0.717, 1.165) is 57.0 Å². The fraction of sp³-hybridized carbons (Fsp3) is 0.733. The Morgan fingerprint density at radius 3 is 2.60 bits per heavy atom. The van der Waals surface area contributed by atoms with E-state index >= 15 is 0 Å². The molecule has 0 aromatic carbocycles. The SMILES string of the molecule is CCCc1c(NCC)ncnc1N1CCC(C)(O)CC1. The standard InChI is InChI=1S/C15H26N4O/c1-4-6-12-13(16-5-2)17-11-18-14(12)19-9-7-15(3,20)8-10-19/h11,20H,4-10H2,1-3H3,(H,16,17,18). The van der Waals surface area contributed by atoms with Crippen LogP contribution in [0, 0.1) is 0 Å². The minimum Gasteiger partial charge on any atom is -0.390 e. The van der Waals surface area contributed by atoms with Crippen molar-refractivity contribution in [2.75, 3.05) is 29.9 Å². The number of hydrogen-bond donors (Lipinski definition) is 2. The van der Waals surface area contributed by atoms with Gasteiger partial charge in [-0.15, -0.1) is 0 Å². The van der Waals surface area contributed by atoms with Crippen LogP contribution in [0.1, 0.15) is 45.6 Å². The van der Waals surface area contributed by atoms with Crippen LogP contribution < -0.4 is 10.2 Å². The number of nitrogens with one attached hydrogen (secondary N) is 1.